The maximum atomic E-state index is 6.57. The summed E-state index contributed by atoms with van der Waals surface area (Å²) in [6.07, 6.45) is 16.4. The molecule has 0 aromatic heterocycles. The van der Waals surface area contributed by atoms with Crippen molar-refractivity contribution in [3.63, 3.8) is 0 Å². The fourth-order valence-corrected chi connectivity index (χ4v) is 3.55. The van der Waals surface area contributed by atoms with E-state index in [-0.39, 0.29) is 0 Å². The first-order valence-corrected chi connectivity index (χ1v) is 10.2. The summed E-state index contributed by atoms with van der Waals surface area (Å²) in [5.41, 5.74) is 0. The Balaban J connectivity index is 1.76. The Kier molecular flexibility index (Phi) is 9.55. The van der Waals surface area contributed by atoms with Crippen LogP contribution < -0.4 is 0 Å². The third-order valence-corrected chi connectivity index (χ3v) is 5.33. The van der Waals surface area contributed by atoms with Crippen molar-refractivity contribution in [1.82, 2.24) is 0 Å². The van der Waals surface area contributed by atoms with Crippen LogP contribution in [0.5, 0.6) is 0 Å². The fraction of sp³-hybridized carbons (Fsp3) is 1.00. The van der Waals surface area contributed by atoms with Crippen LogP contribution in [-0.4, -0.2) is 37.6 Å². The second-order valence-electron chi connectivity index (χ2n) is 7.31. The first-order valence-electron chi connectivity index (χ1n) is 10.2. The van der Waals surface area contributed by atoms with Crippen LogP contribution in [0, 0.1) is 0 Å². The molecule has 0 spiro atoms. The number of ether oxygens (including phenoxy) is 3. The molecule has 3 nitrogen and oxygen atoms in total. The van der Waals surface area contributed by atoms with Crippen molar-refractivity contribution < 1.29 is 14.2 Å². The Labute approximate surface area is 143 Å². The van der Waals surface area contributed by atoms with Crippen molar-refractivity contribution in [2.75, 3.05) is 13.2 Å². The van der Waals surface area contributed by atoms with E-state index in [2.05, 4.69) is 13.8 Å². The molecule has 0 N–H and O–H groups in total. The van der Waals surface area contributed by atoms with Gasteiger partial charge >= 0.3 is 0 Å². The van der Waals surface area contributed by atoms with Gasteiger partial charge in [-0.15, -0.1) is 0 Å². The summed E-state index contributed by atoms with van der Waals surface area (Å²) in [5.74, 6) is 0. The maximum absolute atomic E-state index is 6.57. The van der Waals surface area contributed by atoms with E-state index in [9.17, 15) is 0 Å². The van der Waals surface area contributed by atoms with Crippen LogP contribution in [0.25, 0.3) is 0 Å². The zero-order chi connectivity index (χ0) is 16.3. The lowest BCUT2D eigenvalue weighted by Crippen LogP contribution is -2.47. The molecular formula is C20H38O3. The van der Waals surface area contributed by atoms with Gasteiger partial charge in [0.2, 0.25) is 0 Å². The largest absolute Gasteiger partial charge is 0.375 e. The number of rotatable bonds is 14. The van der Waals surface area contributed by atoms with Gasteiger partial charge in [0.1, 0.15) is 0 Å². The van der Waals surface area contributed by atoms with Crippen LogP contribution in [0.1, 0.15) is 90.9 Å². The van der Waals surface area contributed by atoms with Gasteiger partial charge in [0, 0.05) is 13.2 Å². The molecule has 0 aromatic rings. The van der Waals surface area contributed by atoms with E-state index < -0.39 is 0 Å². The molecule has 0 saturated carbocycles. The van der Waals surface area contributed by atoms with Crippen LogP contribution >= 0.6 is 0 Å². The lowest BCUT2D eigenvalue weighted by atomic mass is 9.97. The molecule has 4 atom stereocenters. The van der Waals surface area contributed by atoms with E-state index in [1.165, 1.54) is 64.2 Å². The summed E-state index contributed by atoms with van der Waals surface area (Å²) in [6, 6.07) is 0. The second kappa shape index (κ2) is 11.4. The molecule has 136 valence electrons. The van der Waals surface area contributed by atoms with E-state index in [1.807, 2.05) is 0 Å². The highest BCUT2D eigenvalue weighted by Crippen LogP contribution is 2.29. The third-order valence-electron chi connectivity index (χ3n) is 5.33. The minimum atomic E-state index is 0.293. The van der Waals surface area contributed by atoms with Gasteiger partial charge in [-0.05, 0) is 25.7 Å². The molecule has 3 heteroatoms. The minimum Gasteiger partial charge on any atom is -0.375 e. The molecule has 2 fully saturated rings. The lowest BCUT2D eigenvalue weighted by molar-refractivity contribution is -0.202. The maximum Gasteiger partial charge on any atom is 0.0858 e. The number of unbranched alkanes of at least 4 members (excludes halogenated alkanes) is 6. The molecule has 0 aromatic carbocycles. The van der Waals surface area contributed by atoms with Gasteiger partial charge in [-0.3, -0.25) is 0 Å². The van der Waals surface area contributed by atoms with Crippen molar-refractivity contribution >= 4 is 0 Å². The second-order valence-corrected chi connectivity index (χ2v) is 7.31. The Morgan fingerprint density at radius 3 is 1.48 bits per heavy atom. The SMILES string of the molecule is CCCCCCC(OC(CCCCCC)C1CCO1)C1CCO1. The average molecular weight is 327 g/mol. The molecule has 0 radical (unpaired) electrons. The highest BCUT2D eigenvalue weighted by atomic mass is 16.6. The summed E-state index contributed by atoms with van der Waals surface area (Å²) < 4.78 is 18.1. The van der Waals surface area contributed by atoms with Crippen LogP contribution in [-0.2, 0) is 14.2 Å². The Bertz CT molecular complexity index is 259. The van der Waals surface area contributed by atoms with Gasteiger partial charge in [0.25, 0.3) is 0 Å². The molecule has 0 bridgehead atoms. The van der Waals surface area contributed by atoms with Gasteiger partial charge in [-0.2, -0.15) is 0 Å². The first kappa shape index (κ1) is 19.2. The van der Waals surface area contributed by atoms with Crippen molar-refractivity contribution in [2.45, 2.75) is 115 Å². The Hall–Kier alpha value is -0.120. The van der Waals surface area contributed by atoms with Crippen molar-refractivity contribution in [3.8, 4) is 0 Å². The molecule has 2 aliphatic heterocycles. The third kappa shape index (κ3) is 6.72. The molecule has 2 heterocycles. The van der Waals surface area contributed by atoms with Gasteiger partial charge in [-0.1, -0.05) is 65.2 Å². The molecule has 4 unspecified atom stereocenters. The highest BCUT2D eigenvalue weighted by molar-refractivity contribution is 4.83. The zero-order valence-electron chi connectivity index (χ0n) is 15.4. The molecule has 0 amide bonds. The molecule has 2 aliphatic rings. The smallest absolute Gasteiger partial charge is 0.0858 e. The number of hydrogen-bond acceptors (Lipinski definition) is 3. The van der Waals surface area contributed by atoms with Crippen molar-refractivity contribution in [2.24, 2.45) is 0 Å². The fourth-order valence-electron chi connectivity index (χ4n) is 3.55. The number of hydrogen-bond donors (Lipinski definition) is 0. The highest BCUT2D eigenvalue weighted by Gasteiger charge is 2.35. The van der Waals surface area contributed by atoms with Crippen LogP contribution in [0.15, 0.2) is 0 Å². The zero-order valence-corrected chi connectivity index (χ0v) is 15.4. The lowest BCUT2D eigenvalue weighted by Gasteiger charge is -2.40. The van der Waals surface area contributed by atoms with E-state index in [4.69, 9.17) is 14.2 Å². The van der Waals surface area contributed by atoms with Crippen LogP contribution in [0.2, 0.25) is 0 Å². The molecule has 2 rings (SSSR count). The van der Waals surface area contributed by atoms with Crippen molar-refractivity contribution in [1.29, 1.82) is 0 Å². The topological polar surface area (TPSA) is 27.7 Å². The van der Waals surface area contributed by atoms with Crippen molar-refractivity contribution in [3.05, 3.63) is 0 Å². The monoisotopic (exact) mass is 326 g/mol. The molecule has 0 aliphatic carbocycles. The quantitative estimate of drug-likeness (QED) is 0.408. The standard InChI is InChI=1S/C20H38O3/c1-3-5-7-9-11-19(17-13-15-21-17)23-20(18-14-16-22-18)12-10-8-6-4-2/h17-20H,3-16H2,1-2H3. The van der Waals surface area contributed by atoms with Gasteiger partial charge in [-0.25, -0.2) is 0 Å². The normalized spacial score (nSPS) is 26.3. The van der Waals surface area contributed by atoms with E-state index in [0.717, 1.165) is 26.1 Å². The molecular weight excluding hydrogens is 288 g/mol. The van der Waals surface area contributed by atoms with Crippen LogP contribution in [0.4, 0.5) is 0 Å². The predicted molar refractivity (Wildman–Crippen MR) is 94.9 cm³/mol. The van der Waals surface area contributed by atoms with E-state index in [1.54, 1.807) is 0 Å². The summed E-state index contributed by atoms with van der Waals surface area (Å²) >= 11 is 0. The predicted octanol–water partition coefficient (Wildman–Crippen LogP) is 5.26. The van der Waals surface area contributed by atoms with E-state index in [0.29, 0.717) is 24.4 Å². The van der Waals surface area contributed by atoms with Gasteiger partial charge < -0.3 is 14.2 Å². The minimum absolute atomic E-state index is 0.293. The first-order chi connectivity index (χ1) is 11.3. The Morgan fingerprint density at radius 2 is 1.17 bits per heavy atom. The summed E-state index contributed by atoms with van der Waals surface area (Å²) in [5, 5.41) is 0. The summed E-state index contributed by atoms with van der Waals surface area (Å²) in [7, 11) is 0. The van der Waals surface area contributed by atoms with Crippen LogP contribution in [0.3, 0.4) is 0 Å². The molecule has 2 saturated heterocycles. The van der Waals surface area contributed by atoms with Gasteiger partial charge in [0.05, 0.1) is 24.4 Å². The summed E-state index contributed by atoms with van der Waals surface area (Å²) in [6.45, 7) is 6.37. The Morgan fingerprint density at radius 1 is 0.739 bits per heavy atom. The van der Waals surface area contributed by atoms with E-state index >= 15 is 0 Å². The summed E-state index contributed by atoms with van der Waals surface area (Å²) in [4.78, 5) is 0. The van der Waals surface area contributed by atoms with Gasteiger partial charge in [0.15, 0.2) is 0 Å². The average Bonchev–Trinajstić information content (AvgIpc) is 2.44. The molecule has 23 heavy (non-hydrogen) atoms.